The lowest BCUT2D eigenvalue weighted by atomic mass is 10.3. The first-order valence-electron chi connectivity index (χ1n) is 4.07. The number of carbonyl (C=O) groups is 1. The zero-order chi connectivity index (χ0) is 9.68. The van der Waals surface area contributed by atoms with E-state index >= 15 is 0 Å². The van der Waals surface area contributed by atoms with Crippen LogP contribution >= 0.6 is 11.3 Å². The Hall–Kier alpha value is -0.870. The number of esters is 1. The summed E-state index contributed by atoms with van der Waals surface area (Å²) in [5.74, 6) is -0.225. The molecule has 0 amide bonds. The summed E-state index contributed by atoms with van der Waals surface area (Å²) < 4.78 is 4.58. The highest BCUT2D eigenvalue weighted by atomic mass is 32.1. The lowest BCUT2D eigenvalue weighted by Crippen LogP contribution is -2.34. The standard InChI is InChI=1S/C9H13NO2S/c1-7(9(11)12-2)10-6-8-4-3-5-13-8/h3-5,7,10H,6H2,1-2H3/t7-/m0/s1. The molecule has 0 bridgehead atoms. The number of rotatable bonds is 4. The van der Waals surface area contributed by atoms with Crippen LogP contribution in [0.2, 0.25) is 0 Å². The number of nitrogens with one attached hydrogen (secondary N) is 1. The molecule has 13 heavy (non-hydrogen) atoms. The third-order valence-corrected chi connectivity index (χ3v) is 2.59. The van der Waals surface area contributed by atoms with Crippen molar-refractivity contribution in [1.82, 2.24) is 5.32 Å². The maximum absolute atomic E-state index is 11.0. The largest absolute Gasteiger partial charge is 0.468 e. The van der Waals surface area contributed by atoms with Crippen molar-refractivity contribution in [2.45, 2.75) is 19.5 Å². The molecule has 72 valence electrons. The quantitative estimate of drug-likeness (QED) is 0.745. The normalized spacial score (nSPS) is 12.5. The van der Waals surface area contributed by atoms with Gasteiger partial charge in [-0.1, -0.05) is 6.07 Å². The van der Waals surface area contributed by atoms with E-state index < -0.39 is 0 Å². The van der Waals surface area contributed by atoms with Crippen LogP contribution in [0, 0.1) is 0 Å². The zero-order valence-corrected chi connectivity index (χ0v) is 8.56. The summed E-state index contributed by atoms with van der Waals surface area (Å²) in [4.78, 5) is 12.2. The second-order valence-corrected chi connectivity index (χ2v) is 3.74. The Bertz CT molecular complexity index is 259. The first-order chi connectivity index (χ1) is 6.24. The van der Waals surface area contributed by atoms with Crippen LogP contribution in [0.5, 0.6) is 0 Å². The van der Waals surface area contributed by atoms with Crippen molar-refractivity contribution in [2.24, 2.45) is 0 Å². The molecule has 0 aromatic carbocycles. The van der Waals surface area contributed by atoms with Gasteiger partial charge in [-0.2, -0.15) is 0 Å². The van der Waals surface area contributed by atoms with Gasteiger partial charge in [0.25, 0.3) is 0 Å². The van der Waals surface area contributed by atoms with Crippen LogP contribution in [0.15, 0.2) is 17.5 Å². The van der Waals surface area contributed by atoms with Crippen LogP contribution in [0.1, 0.15) is 11.8 Å². The van der Waals surface area contributed by atoms with Crippen molar-refractivity contribution in [3.8, 4) is 0 Å². The molecule has 0 aliphatic rings. The molecule has 0 fully saturated rings. The van der Waals surface area contributed by atoms with E-state index in [4.69, 9.17) is 0 Å². The summed E-state index contributed by atoms with van der Waals surface area (Å²) in [7, 11) is 1.39. The number of thiophene rings is 1. The first-order valence-corrected chi connectivity index (χ1v) is 4.95. The van der Waals surface area contributed by atoms with Crippen LogP contribution in [-0.4, -0.2) is 19.1 Å². The summed E-state index contributed by atoms with van der Waals surface area (Å²) in [6.07, 6.45) is 0. The molecular formula is C9H13NO2S. The van der Waals surface area contributed by atoms with Crippen molar-refractivity contribution in [1.29, 1.82) is 0 Å². The fourth-order valence-electron chi connectivity index (χ4n) is 0.927. The highest BCUT2D eigenvalue weighted by Gasteiger charge is 2.11. The average Bonchev–Trinajstić information content (AvgIpc) is 2.65. The minimum Gasteiger partial charge on any atom is -0.468 e. The van der Waals surface area contributed by atoms with E-state index in [0.717, 1.165) is 0 Å². The molecule has 0 spiro atoms. The molecule has 0 unspecified atom stereocenters. The van der Waals surface area contributed by atoms with Crippen molar-refractivity contribution in [2.75, 3.05) is 7.11 Å². The van der Waals surface area contributed by atoms with Crippen LogP contribution in [0.3, 0.4) is 0 Å². The van der Waals surface area contributed by atoms with Gasteiger partial charge in [0.1, 0.15) is 6.04 Å². The Morgan fingerprint density at radius 1 is 1.77 bits per heavy atom. The van der Waals surface area contributed by atoms with E-state index in [1.807, 2.05) is 17.5 Å². The number of hydrogen-bond acceptors (Lipinski definition) is 4. The Kier molecular flexibility index (Phi) is 3.92. The topological polar surface area (TPSA) is 38.3 Å². The molecule has 1 N–H and O–H groups in total. The van der Waals surface area contributed by atoms with Gasteiger partial charge in [-0.15, -0.1) is 11.3 Å². The number of hydrogen-bond donors (Lipinski definition) is 1. The molecule has 1 heterocycles. The molecule has 4 heteroatoms. The Labute approximate surface area is 81.7 Å². The van der Waals surface area contributed by atoms with Gasteiger partial charge in [-0.3, -0.25) is 10.1 Å². The van der Waals surface area contributed by atoms with Crippen LogP contribution in [0.4, 0.5) is 0 Å². The van der Waals surface area contributed by atoms with E-state index in [1.165, 1.54) is 12.0 Å². The summed E-state index contributed by atoms with van der Waals surface area (Å²) in [6.45, 7) is 2.51. The van der Waals surface area contributed by atoms with Crippen molar-refractivity contribution in [3.05, 3.63) is 22.4 Å². The molecule has 1 rings (SSSR count). The summed E-state index contributed by atoms with van der Waals surface area (Å²) in [5.41, 5.74) is 0. The molecule has 0 radical (unpaired) electrons. The maximum atomic E-state index is 11.0. The van der Waals surface area contributed by atoms with Crippen LogP contribution in [-0.2, 0) is 16.1 Å². The molecule has 3 nitrogen and oxygen atoms in total. The van der Waals surface area contributed by atoms with E-state index in [1.54, 1.807) is 18.3 Å². The molecule has 0 aliphatic heterocycles. The SMILES string of the molecule is COC(=O)[C@H](C)NCc1cccs1. The number of ether oxygens (including phenoxy) is 1. The Balaban J connectivity index is 2.30. The maximum Gasteiger partial charge on any atom is 0.322 e. The first kappa shape index (κ1) is 10.2. The van der Waals surface area contributed by atoms with Crippen LogP contribution < -0.4 is 5.32 Å². The number of carbonyl (C=O) groups excluding carboxylic acids is 1. The minimum atomic E-state index is -0.243. The van der Waals surface area contributed by atoms with Gasteiger partial charge in [0.05, 0.1) is 7.11 Å². The van der Waals surface area contributed by atoms with E-state index in [-0.39, 0.29) is 12.0 Å². The molecule has 1 atom stereocenters. The Morgan fingerprint density at radius 3 is 3.08 bits per heavy atom. The molecule has 1 aromatic rings. The predicted octanol–water partition coefficient (Wildman–Crippen LogP) is 1.40. The molecule has 0 saturated carbocycles. The van der Waals surface area contributed by atoms with Crippen molar-refractivity contribution < 1.29 is 9.53 Å². The zero-order valence-electron chi connectivity index (χ0n) is 7.74. The average molecular weight is 199 g/mol. The smallest absolute Gasteiger partial charge is 0.322 e. The molecular weight excluding hydrogens is 186 g/mol. The lowest BCUT2D eigenvalue weighted by Gasteiger charge is -2.09. The summed E-state index contributed by atoms with van der Waals surface area (Å²) in [6, 6.07) is 3.78. The highest BCUT2D eigenvalue weighted by molar-refractivity contribution is 7.09. The molecule has 1 aromatic heterocycles. The third-order valence-electron chi connectivity index (χ3n) is 1.72. The summed E-state index contributed by atoms with van der Waals surface area (Å²) >= 11 is 1.67. The highest BCUT2D eigenvalue weighted by Crippen LogP contribution is 2.07. The monoisotopic (exact) mass is 199 g/mol. The van der Waals surface area contributed by atoms with Gasteiger partial charge in [0.2, 0.25) is 0 Å². The molecule has 0 saturated heterocycles. The number of methoxy groups -OCH3 is 1. The van der Waals surface area contributed by atoms with Gasteiger partial charge in [-0.25, -0.2) is 0 Å². The van der Waals surface area contributed by atoms with E-state index in [0.29, 0.717) is 6.54 Å². The Morgan fingerprint density at radius 2 is 2.54 bits per heavy atom. The van der Waals surface area contributed by atoms with E-state index in [9.17, 15) is 4.79 Å². The minimum absolute atomic E-state index is 0.225. The fourth-order valence-corrected chi connectivity index (χ4v) is 1.58. The predicted molar refractivity (Wildman–Crippen MR) is 52.6 cm³/mol. The lowest BCUT2D eigenvalue weighted by molar-refractivity contribution is -0.142. The van der Waals surface area contributed by atoms with Crippen molar-refractivity contribution >= 4 is 17.3 Å². The van der Waals surface area contributed by atoms with E-state index in [2.05, 4.69) is 10.1 Å². The van der Waals surface area contributed by atoms with Gasteiger partial charge >= 0.3 is 5.97 Å². The third kappa shape index (κ3) is 3.16. The van der Waals surface area contributed by atoms with Crippen LogP contribution in [0.25, 0.3) is 0 Å². The van der Waals surface area contributed by atoms with Gasteiger partial charge in [-0.05, 0) is 18.4 Å². The second-order valence-electron chi connectivity index (χ2n) is 2.71. The molecule has 0 aliphatic carbocycles. The second kappa shape index (κ2) is 4.99. The van der Waals surface area contributed by atoms with Gasteiger partial charge in [0.15, 0.2) is 0 Å². The summed E-state index contributed by atoms with van der Waals surface area (Å²) in [5, 5.41) is 5.09. The van der Waals surface area contributed by atoms with Crippen molar-refractivity contribution in [3.63, 3.8) is 0 Å². The van der Waals surface area contributed by atoms with Gasteiger partial charge < -0.3 is 4.74 Å². The fraction of sp³-hybridized carbons (Fsp3) is 0.444. The van der Waals surface area contributed by atoms with Gasteiger partial charge in [0, 0.05) is 11.4 Å².